The van der Waals surface area contributed by atoms with E-state index in [4.69, 9.17) is 9.47 Å². The Hall–Kier alpha value is -4.73. The molecule has 34 heavy (non-hydrogen) atoms. The number of amides is 2. The van der Waals surface area contributed by atoms with Crippen LogP contribution in [0.5, 0.6) is 11.5 Å². The van der Waals surface area contributed by atoms with Gasteiger partial charge in [-0.3, -0.25) is 20.4 Å². The molecule has 2 amide bonds. The van der Waals surface area contributed by atoms with E-state index in [0.29, 0.717) is 29.4 Å². The summed E-state index contributed by atoms with van der Waals surface area (Å²) in [4.78, 5) is 26.5. The number of nitrogens with zero attached hydrogens (tertiary/aromatic N) is 4. The second-order valence-corrected chi connectivity index (χ2v) is 7.18. The monoisotopic (exact) mass is 458 g/mol. The summed E-state index contributed by atoms with van der Waals surface area (Å²) in [6.45, 7) is 0.397. The summed E-state index contributed by atoms with van der Waals surface area (Å²) in [7, 11) is 2.95. The average Bonchev–Trinajstić information content (AvgIpc) is 3.36. The van der Waals surface area contributed by atoms with Gasteiger partial charge in [0.25, 0.3) is 11.8 Å². The Kier molecular flexibility index (Phi) is 6.78. The van der Waals surface area contributed by atoms with Crippen LogP contribution in [-0.2, 0) is 6.54 Å². The van der Waals surface area contributed by atoms with Crippen molar-refractivity contribution in [2.45, 2.75) is 6.54 Å². The van der Waals surface area contributed by atoms with E-state index < -0.39 is 11.8 Å². The summed E-state index contributed by atoms with van der Waals surface area (Å²) in [5.74, 6) is 0.388. The largest absolute Gasteiger partial charge is 0.497 e. The fourth-order valence-corrected chi connectivity index (χ4v) is 3.18. The van der Waals surface area contributed by atoms with Crippen LogP contribution in [0.1, 0.15) is 26.3 Å². The molecule has 4 rings (SSSR count). The summed E-state index contributed by atoms with van der Waals surface area (Å²) < 4.78 is 10.3. The van der Waals surface area contributed by atoms with Crippen LogP contribution in [0.3, 0.4) is 0 Å². The minimum atomic E-state index is -0.535. The van der Waals surface area contributed by atoms with E-state index in [0.717, 1.165) is 11.1 Å². The van der Waals surface area contributed by atoms with Crippen molar-refractivity contribution < 1.29 is 19.1 Å². The molecule has 0 aliphatic rings. The number of carbonyl (C=O) groups is 2. The van der Waals surface area contributed by atoms with Crippen LogP contribution in [0.15, 0.2) is 72.8 Å². The molecule has 1 heterocycles. The number of rotatable bonds is 7. The topological polar surface area (TPSA) is 120 Å². The second kappa shape index (κ2) is 10.3. The first-order chi connectivity index (χ1) is 16.6. The van der Waals surface area contributed by atoms with Gasteiger partial charge >= 0.3 is 0 Å². The number of hydrogen-bond donors (Lipinski definition) is 2. The predicted octanol–water partition coefficient (Wildman–Crippen LogP) is 2.48. The highest BCUT2D eigenvalue weighted by Crippen LogP contribution is 2.23. The average molecular weight is 458 g/mol. The molecule has 4 aromatic rings. The zero-order chi connectivity index (χ0) is 23.9. The number of tetrazole rings is 1. The number of ether oxygens (including phenoxy) is 2. The number of hydrazine groups is 1. The van der Waals surface area contributed by atoms with Crippen LogP contribution in [0.4, 0.5) is 0 Å². The van der Waals surface area contributed by atoms with Gasteiger partial charge in [0.2, 0.25) is 5.82 Å². The van der Waals surface area contributed by atoms with E-state index in [9.17, 15) is 9.59 Å². The van der Waals surface area contributed by atoms with Gasteiger partial charge in [0, 0.05) is 11.1 Å². The Morgan fingerprint density at radius 2 is 1.62 bits per heavy atom. The van der Waals surface area contributed by atoms with Gasteiger partial charge in [-0.25, -0.2) is 0 Å². The molecule has 0 atom stereocenters. The molecule has 172 valence electrons. The summed E-state index contributed by atoms with van der Waals surface area (Å²) in [5.41, 5.74) is 7.17. The molecule has 3 aromatic carbocycles. The third kappa shape index (κ3) is 5.18. The molecule has 2 N–H and O–H groups in total. The van der Waals surface area contributed by atoms with E-state index in [1.807, 2.05) is 30.3 Å². The molecule has 0 bridgehead atoms. The molecule has 0 unspecified atom stereocenters. The van der Waals surface area contributed by atoms with Crippen LogP contribution in [0.25, 0.3) is 11.4 Å². The highest BCUT2D eigenvalue weighted by molar-refractivity contribution is 6.00. The van der Waals surface area contributed by atoms with Gasteiger partial charge in [-0.1, -0.05) is 42.5 Å². The van der Waals surface area contributed by atoms with E-state index in [1.165, 1.54) is 25.1 Å². The quantitative estimate of drug-likeness (QED) is 0.408. The fourth-order valence-electron chi connectivity index (χ4n) is 3.18. The van der Waals surface area contributed by atoms with E-state index in [2.05, 4.69) is 26.3 Å². The zero-order valence-electron chi connectivity index (χ0n) is 18.6. The number of aromatic nitrogens is 4. The lowest BCUT2D eigenvalue weighted by atomic mass is 10.1. The van der Waals surface area contributed by atoms with Gasteiger partial charge in [-0.2, -0.15) is 4.80 Å². The maximum absolute atomic E-state index is 12.5. The van der Waals surface area contributed by atoms with Crippen molar-refractivity contribution in [3.63, 3.8) is 0 Å². The van der Waals surface area contributed by atoms with E-state index in [1.54, 1.807) is 36.4 Å². The predicted molar refractivity (Wildman–Crippen MR) is 123 cm³/mol. The maximum atomic E-state index is 12.5. The molecule has 0 aliphatic heterocycles. The summed E-state index contributed by atoms with van der Waals surface area (Å²) in [5, 5.41) is 12.5. The van der Waals surface area contributed by atoms with E-state index >= 15 is 0 Å². The second-order valence-electron chi connectivity index (χ2n) is 7.18. The Morgan fingerprint density at radius 1 is 0.882 bits per heavy atom. The SMILES string of the molecule is COc1ccc(OC)c(C(=O)NNC(=O)c2ccc(Cn3nnc(-c4ccccc4)n3)cc2)c1. The molecule has 0 spiro atoms. The van der Waals surface area contributed by atoms with Gasteiger partial charge in [0.1, 0.15) is 11.5 Å². The third-order valence-electron chi connectivity index (χ3n) is 4.97. The Bertz CT molecular complexity index is 1290. The van der Waals surface area contributed by atoms with Gasteiger partial charge in [-0.15, -0.1) is 10.2 Å². The summed E-state index contributed by atoms with van der Waals surface area (Å²) in [6.07, 6.45) is 0. The van der Waals surface area contributed by atoms with Crippen molar-refractivity contribution in [3.8, 4) is 22.9 Å². The fraction of sp³-hybridized carbons (Fsp3) is 0.125. The van der Waals surface area contributed by atoms with Crippen LogP contribution in [0.2, 0.25) is 0 Å². The number of hydrogen-bond acceptors (Lipinski definition) is 7. The number of benzene rings is 3. The lowest BCUT2D eigenvalue weighted by Crippen LogP contribution is -2.41. The van der Waals surface area contributed by atoms with Crippen molar-refractivity contribution >= 4 is 11.8 Å². The molecule has 0 radical (unpaired) electrons. The van der Waals surface area contributed by atoms with Gasteiger partial charge in [-0.05, 0) is 41.1 Å². The first-order valence-corrected chi connectivity index (χ1v) is 10.3. The molecule has 10 heteroatoms. The lowest BCUT2D eigenvalue weighted by Gasteiger charge is -2.12. The number of carbonyl (C=O) groups excluding carboxylic acids is 2. The van der Waals surface area contributed by atoms with Gasteiger partial charge in [0.15, 0.2) is 0 Å². The molecular formula is C24H22N6O4. The minimum absolute atomic E-state index is 0.229. The molecule has 1 aromatic heterocycles. The Balaban J connectivity index is 1.36. The normalized spacial score (nSPS) is 10.4. The van der Waals surface area contributed by atoms with Crippen LogP contribution < -0.4 is 20.3 Å². The molecule has 0 saturated carbocycles. The number of nitrogens with one attached hydrogen (secondary N) is 2. The van der Waals surface area contributed by atoms with Gasteiger partial charge < -0.3 is 9.47 Å². The molecule has 0 saturated heterocycles. The van der Waals surface area contributed by atoms with Crippen molar-refractivity contribution in [1.82, 2.24) is 31.1 Å². The minimum Gasteiger partial charge on any atom is -0.497 e. The molecular weight excluding hydrogens is 436 g/mol. The van der Waals surface area contributed by atoms with E-state index in [-0.39, 0.29) is 5.56 Å². The van der Waals surface area contributed by atoms with Crippen LogP contribution in [-0.4, -0.2) is 46.2 Å². The highest BCUT2D eigenvalue weighted by Gasteiger charge is 2.15. The van der Waals surface area contributed by atoms with Crippen molar-refractivity contribution in [2.24, 2.45) is 0 Å². The summed E-state index contributed by atoms with van der Waals surface area (Å²) >= 11 is 0. The van der Waals surface area contributed by atoms with Crippen molar-refractivity contribution in [3.05, 3.63) is 89.5 Å². The lowest BCUT2D eigenvalue weighted by molar-refractivity contribution is 0.0844. The third-order valence-corrected chi connectivity index (χ3v) is 4.97. The Morgan fingerprint density at radius 3 is 2.32 bits per heavy atom. The van der Waals surface area contributed by atoms with Crippen molar-refractivity contribution in [1.29, 1.82) is 0 Å². The smallest absolute Gasteiger partial charge is 0.273 e. The van der Waals surface area contributed by atoms with Gasteiger partial charge in [0.05, 0.1) is 26.3 Å². The maximum Gasteiger partial charge on any atom is 0.273 e. The van der Waals surface area contributed by atoms with Crippen LogP contribution >= 0.6 is 0 Å². The van der Waals surface area contributed by atoms with Crippen molar-refractivity contribution in [2.75, 3.05) is 14.2 Å². The zero-order valence-corrected chi connectivity index (χ0v) is 18.6. The molecule has 10 nitrogen and oxygen atoms in total. The first kappa shape index (κ1) is 22.5. The highest BCUT2D eigenvalue weighted by atomic mass is 16.5. The number of methoxy groups -OCH3 is 2. The Labute approximate surface area is 195 Å². The van der Waals surface area contributed by atoms with Crippen LogP contribution in [0, 0.1) is 0 Å². The standard InChI is InChI=1S/C24H22N6O4/c1-33-19-12-13-21(34-2)20(14-19)24(32)27-26-23(31)18-10-8-16(9-11-18)15-30-28-22(25-29-30)17-6-4-3-5-7-17/h3-14H,15H2,1-2H3,(H,26,31)(H,27,32). The molecule has 0 aliphatic carbocycles. The summed E-state index contributed by atoms with van der Waals surface area (Å²) in [6, 6.07) is 21.3. The first-order valence-electron chi connectivity index (χ1n) is 10.3. The molecule has 0 fully saturated rings.